The van der Waals surface area contributed by atoms with Crippen LogP contribution in [0.15, 0.2) is 109 Å². The Morgan fingerprint density at radius 1 is 0.780 bits per heavy atom. The molecule has 5 heteroatoms. The molecule has 208 valence electrons. The minimum absolute atomic E-state index is 0. The van der Waals surface area contributed by atoms with Crippen molar-refractivity contribution in [2.75, 3.05) is 13.2 Å². The fourth-order valence-corrected chi connectivity index (χ4v) is 10.3. The molecule has 3 nitrogen and oxygen atoms in total. The summed E-state index contributed by atoms with van der Waals surface area (Å²) >= 11 is 0. The maximum absolute atomic E-state index is 14.3. The number of aryl methyl sites for hydroxylation is 1. The van der Waals surface area contributed by atoms with Crippen molar-refractivity contribution < 1.29 is 28.1 Å². The van der Waals surface area contributed by atoms with Crippen molar-refractivity contribution in [1.82, 2.24) is 4.90 Å². The number of rotatable bonds is 9. The zero-order valence-electron chi connectivity index (χ0n) is 25.8. The summed E-state index contributed by atoms with van der Waals surface area (Å²) in [7, 11) is -2.74. The van der Waals surface area contributed by atoms with Gasteiger partial charge in [0.05, 0.1) is 12.1 Å². The quantitative estimate of drug-likeness (QED) is 0.230. The van der Waals surface area contributed by atoms with Gasteiger partial charge < -0.3 is 9.33 Å². The summed E-state index contributed by atoms with van der Waals surface area (Å²) in [5, 5.41) is 2.32. The summed E-state index contributed by atoms with van der Waals surface area (Å²) in [6.07, 6.45) is 0. The normalized spacial score (nSPS) is 12.0. The Balaban J connectivity index is 0.00000462. The smallest absolute Gasteiger partial charge is 0.406 e. The first-order valence-electron chi connectivity index (χ1n) is 14.0. The van der Waals surface area contributed by atoms with Crippen molar-refractivity contribution in [3.8, 4) is 0 Å². The summed E-state index contributed by atoms with van der Waals surface area (Å²) in [4.78, 5) is 16.2. The predicted octanol–water partition coefficient (Wildman–Crippen LogP) is 4.14. The number of benzene rings is 4. The van der Waals surface area contributed by atoms with Crippen LogP contribution in [0.3, 0.4) is 0 Å². The van der Waals surface area contributed by atoms with Crippen LogP contribution in [0.25, 0.3) is 0 Å². The summed E-state index contributed by atoms with van der Waals surface area (Å²) in [5.74, 6) is -0.0337. The summed E-state index contributed by atoms with van der Waals surface area (Å²) < 4.78 is 7.20. The second-order valence-electron chi connectivity index (χ2n) is 12.1. The number of hydrogen-bond acceptors (Lipinski definition) is 2. The molecule has 41 heavy (non-hydrogen) atoms. The van der Waals surface area contributed by atoms with Crippen molar-refractivity contribution in [2.24, 2.45) is 0 Å². The molecule has 0 spiro atoms. The van der Waals surface area contributed by atoms with E-state index in [-0.39, 0.29) is 29.8 Å². The number of hydrogen-bond donors (Lipinski definition) is 0. The van der Waals surface area contributed by atoms with Crippen LogP contribution in [0.5, 0.6) is 0 Å². The maximum atomic E-state index is 14.3. The van der Waals surface area contributed by atoms with Crippen molar-refractivity contribution in [3.63, 3.8) is 0 Å². The molecule has 0 aliphatic carbocycles. The van der Waals surface area contributed by atoms with Crippen molar-refractivity contribution >= 4 is 24.6 Å². The number of amides is 1. The Morgan fingerprint density at radius 3 is 1.76 bits per heavy atom. The van der Waals surface area contributed by atoms with Crippen LogP contribution < -0.4 is 29.2 Å². The van der Waals surface area contributed by atoms with Crippen LogP contribution in [0.1, 0.15) is 61.7 Å². The minimum Gasteiger partial charge on any atom is -0.406 e. The van der Waals surface area contributed by atoms with Gasteiger partial charge in [0.15, 0.2) is 5.91 Å². The number of carbonyl (C=O) groups is 1. The van der Waals surface area contributed by atoms with Gasteiger partial charge in [0.2, 0.25) is 0 Å². The number of nitrogens with zero attached hydrogens (tertiary/aromatic N) is 1. The molecule has 0 atom stereocenters. The van der Waals surface area contributed by atoms with Gasteiger partial charge in [-0.05, 0) is 41.7 Å². The van der Waals surface area contributed by atoms with Crippen molar-refractivity contribution in [3.05, 3.63) is 138 Å². The first-order valence-corrected chi connectivity index (χ1v) is 15.9. The SMILES string of the molecule is [CH2-]c1ccc(C)cc1C(=O)N(CCO[Si](c1ccccc1)(c1ccccc1)C(C)(C)C)C(C)(C)c1ccccc1.[Li+]. The van der Waals surface area contributed by atoms with Crippen LogP contribution in [0.2, 0.25) is 5.04 Å². The van der Waals surface area contributed by atoms with Crippen LogP contribution in [0.4, 0.5) is 0 Å². The molecule has 4 aromatic carbocycles. The Labute approximate surface area is 260 Å². The minimum atomic E-state index is -2.74. The third-order valence-corrected chi connectivity index (χ3v) is 13.0. The molecular formula is C36H42LiNO2Si. The van der Waals surface area contributed by atoms with Crippen LogP contribution in [0, 0.1) is 13.8 Å². The van der Waals surface area contributed by atoms with Gasteiger partial charge in [-0.3, -0.25) is 4.79 Å². The molecule has 4 rings (SSSR count). The molecule has 0 aliphatic heterocycles. The van der Waals surface area contributed by atoms with Gasteiger partial charge in [0.1, 0.15) is 0 Å². The molecule has 1 amide bonds. The second-order valence-corrected chi connectivity index (χ2v) is 16.4. The topological polar surface area (TPSA) is 29.5 Å². The molecule has 0 aromatic heterocycles. The molecule has 0 bridgehead atoms. The molecule has 0 aliphatic rings. The molecule has 0 fully saturated rings. The molecule has 0 radical (unpaired) electrons. The third kappa shape index (κ3) is 6.74. The van der Waals surface area contributed by atoms with E-state index in [2.05, 4.69) is 114 Å². The first-order chi connectivity index (χ1) is 19.0. The molecule has 0 N–H and O–H groups in total. The van der Waals surface area contributed by atoms with E-state index in [0.717, 1.165) is 16.7 Å². The van der Waals surface area contributed by atoms with E-state index in [1.54, 1.807) is 0 Å². The van der Waals surface area contributed by atoms with Gasteiger partial charge in [-0.2, -0.15) is 18.6 Å². The van der Waals surface area contributed by atoms with E-state index < -0.39 is 13.9 Å². The fourth-order valence-electron chi connectivity index (χ4n) is 5.72. The van der Waals surface area contributed by atoms with Crippen molar-refractivity contribution in [1.29, 1.82) is 0 Å². The maximum Gasteiger partial charge on any atom is 1.00 e. The Kier molecular flexibility index (Phi) is 10.6. The molecule has 0 saturated heterocycles. The van der Waals surface area contributed by atoms with Gasteiger partial charge >= 0.3 is 18.9 Å². The molecule has 4 aromatic rings. The monoisotopic (exact) mass is 555 g/mol. The van der Waals surface area contributed by atoms with E-state index in [1.807, 2.05) is 48.2 Å². The Morgan fingerprint density at radius 2 is 1.27 bits per heavy atom. The van der Waals surface area contributed by atoms with E-state index in [1.165, 1.54) is 10.4 Å². The molecule has 0 unspecified atom stereocenters. The van der Waals surface area contributed by atoms with E-state index >= 15 is 0 Å². The number of carbonyl (C=O) groups excluding carboxylic acids is 1. The van der Waals surface area contributed by atoms with Crippen LogP contribution in [-0.2, 0) is 9.96 Å². The molecule has 0 saturated carbocycles. The Hall–Kier alpha value is -3.01. The van der Waals surface area contributed by atoms with E-state index in [4.69, 9.17) is 4.43 Å². The summed E-state index contributed by atoms with van der Waals surface area (Å²) in [5.41, 5.74) is 2.92. The fraction of sp³-hybridized carbons (Fsp3) is 0.278. The van der Waals surface area contributed by atoms with E-state index in [0.29, 0.717) is 18.7 Å². The Bertz CT molecular complexity index is 1380. The predicted molar refractivity (Wildman–Crippen MR) is 170 cm³/mol. The zero-order chi connectivity index (χ0) is 29.0. The summed E-state index contributed by atoms with van der Waals surface area (Å²) in [6, 6.07) is 37.4. The van der Waals surface area contributed by atoms with Gasteiger partial charge in [-0.1, -0.05) is 123 Å². The second kappa shape index (κ2) is 13.3. The largest absolute Gasteiger partial charge is 1.00 e. The summed E-state index contributed by atoms with van der Waals surface area (Å²) in [6.45, 7) is 18.1. The first kappa shape index (κ1) is 32.5. The zero-order valence-corrected chi connectivity index (χ0v) is 26.8. The average molecular weight is 556 g/mol. The van der Waals surface area contributed by atoms with Crippen LogP contribution >= 0.6 is 0 Å². The standard InChI is InChI=1S/C36H42NO2Si.Li/c1-28-23-24-29(2)33(27-28)34(38)37(36(6,7)30-17-11-8-12-18-30)25-26-39-40(35(3,4)5,31-19-13-9-14-20-31)32-21-15-10-16-22-32;/h8-24,27H,2,25-26H2,1,3-7H3;/q-1;+1. The molecule has 0 heterocycles. The van der Waals surface area contributed by atoms with Gasteiger partial charge in [-0.25, -0.2) is 0 Å². The average Bonchev–Trinajstić information content (AvgIpc) is 2.95. The van der Waals surface area contributed by atoms with Gasteiger partial charge in [-0.15, -0.1) is 12.1 Å². The van der Waals surface area contributed by atoms with E-state index in [9.17, 15) is 4.79 Å². The van der Waals surface area contributed by atoms with Gasteiger partial charge in [0.25, 0.3) is 8.32 Å². The van der Waals surface area contributed by atoms with Gasteiger partial charge in [0, 0.05) is 6.54 Å². The van der Waals surface area contributed by atoms with Crippen LogP contribution in [-0.4, -0.2) is 32.3 Å². The van der Waals surface area contributed by atoms with Crippen molar-refractivity contribution in [2.45, 2.75) is 52.1 Å². The third-order valence-electron chi connectivity index (χ3n) is 7.95. The molecular weight excluding hydrogens is 513 g/mol.